The van der Waals surface area contributed by atoms with E-state index in [2.05, 4.69) is 9.97 Å². The first kappa shape index (κ1) is 23.3. The number of pyridine rings is 2. The fourth-order valence-electron chi connectivity index (χ4n) is 3.49. The average molecular weight is 484 g/mol. The van der Waals surface area contributed by atoms with E-state index in [4.69, 9.17) is 0 Å². The number of rotatable bonds is 4. The molecule has 11 heteroatoms. The van der Waals surface area contributed by atoms with Gasteiger partial charge in [-0.2, -0.15) is 26.3 Å². The van der Waals surface area contributed by atoms with Crippen LogP contribution in [0.5, 0.6) is 0 Å². The van der Waals surface area contributed by atoms with Crippen LogP contribution in [0.3, 0.4) is 0 Å². The summed E-state index contributed by atoms with van der Waals surface area (Å²) in [6, 6.07) is 11.4. The number of hydrogen-bond donors (Lipinski definition) is 2. The predicted octanol–water partition coefficient (Wildman–Crippen LogP) is 5.79. The molecule has 0 bridgehead atoms. The van der Waals surface area contributed by atoms with E-state index in [1.165, 1.54) is 12.3 Å². The molecule has 2 aromatic heterocycles. The van der Waals surface area contributed by atoms with Crippen molar-refractivity contribution in [1.29, 1.82) is 0 Å². The van der Waals surface area contributed by atoms with Crippen LogP contribution in [0.2, 0.25) is 0 Å². The summed E-state index contributed by atoms with van der Waals surface area (Å²) in [6.45, 7) is 0. The van der Waals surface area contributed by atoms with E-state index in [0.29, 0.717) is 11.0 Å². The van der Waals surface area contributed by atoms with Crippen LogP contribution < -0.4 is 0 Å². The second kappa shape index (κ2) is 8.15. The van der Waals surface area contributed by atoms with Crippen molar-refractivity contribution in [2.45, 2.75) is 28.8 Å². The Kier molecular flexibility index (Phi) is 5.75. The zero-order valence-electron chi connectivity index (χ0n) is 16.4. The maximum atomic E-state index is 14.2. The second-order valence-corrected chi connectivity index (χ2v) is 8.20. The topological polar surface area (TPSA) is 66.2 Å². The Morgan fingerprint density at radius 2 is 1.48 bits per heavy atom. The van der Waals surface area contributed by atoms with E-state index in [-0.39, 0.29) is 27.7 Å². The fourth-order valence-corrected chi connectivity index (χ4v) is 4.38. The van der Waals surface area contributed by atoms with Crippen molar-refractivity contribution in [3.05, 3.63) is 77.6 Å². The molecule has 0 amide bonds. The van der Waals surface area contributed by atoms with Gasteiger partial charge in [-0.3, -0.25) is 9.97 Å². The Morgan fingerprint density at radius 1 is 0.818 bits per heavy atom. The molecular weight excluding hydrogens is 470 g/mol. The zero-order chi connectivity index (χ0) is 24.0. The monoisotopic (exact) mass is 484 g/mol. The minimum Gasteiger partial charge on any atom is -0.355 e. The molecule has 2 heterocycles. The van der Waals surface area contributed by atoms with Gasteiger partial charge in [0.25, 0.3) is 5.79 Å². The molecular formula is C22H14F6N2O2S. The highest BCUT2D eigenvalue weighted by Crippen LogP contribution is 2.45. The van der Waals surface area contributed by atoms with Crippen molar-refractivity contribution in [3.63, 3.8) is 0 Å². The van der Waals surface area contributed by atoms with Crippen molar-refractivity contribution in [2.75, 3.05) is 0 Å². The van der Waals surface area contributed by atoms with Gasteiger partial charge in [0.15, 0.2) is 0 Å². The molecule has 0 aliphatic rings. The summed E-state index contributed by atoms with van der Waals surface area (Å²) >= 11 is 1.10. The molecule has 0 unspecified atom stereocenters. The summed E-state index contributed by atoms with van der Waals surface area (Å²) in [4.78, 5) is 8.64. The van der Waals surface area contributed by atoms with Gasteiger partial charge in [-0.15, -0.1) is 11.8 Å². The highest BCUT2D eigenvalue weighted by atomic mass is 32.2. The van der Waals surface area contributed by atoms with Gasteiger partial charge in [0.2, 0.25) is 0 Å². The van der Waals surface area contributed by atoms with Gasteiger partial charge in [0, 0.05) is 39.4 Å². The number of aliphatic hydroxyl groups is 2. The Hall–Kier alpha value is -2.89. The number of thioether (sulfide) groups is 1. The lowest BCUT2D eigenvalue weighted by molar-refractivity contribution is -0.357. The summed E-state index contributed by atoms with van der Waals surface area (Å²) in [5.41, 5.74) is -3.24. The van der Waals surface area contributed by atoms with Crippen LogP contribution in [-0.2, 0) is 17.7 Å². The second-order valence-electron chi connectivity index (χ2n) is 7.15. The molecule has 2 N–H and O–H groups in total. The fraction of sp³-hybridized carbons (Fsp3) is 0.182. The average Bonchev–Trinajstić information content (AvgIpc) is 2.75. The Labute approximate surface area is 186 Å². The highest BCUT2D eigenvalue weighted by Gasteiger charge is 2.55. The molecule has 0 spiro atoms. The van der Waals surface area contributed by atoms with Crippen LogP contribution in [0.1, 0.15) is 16.7 Å². The van der Waals surface area contributed by atoms with Crippen molar-refractivity contribution >= 4 is 33.6 Å². The minimum atomic E-state index is -5.57. The number of nitrogens with zero attached hydrogens (tertiary/aromatic N) is 2. The normalized spacial score (nSPS) is 13.1. The third-order valence-electron chi connectivity index (χ3n) is 5.00. The van der Waals surface area contributed by atoms with Crippen LogP contribution in [0, 0.1) is 0 Å². The summed E-state index contributed by atoms with van der Waals surface area (Å²) in [5, 5.41) is 18.7. The Bertz CT molecular complexity index is 1320. The van der Waals surface area contributed by atoms with E-state index < -0.39 is 34.7 Å². The van der Waals surface area contributed by atoms with Crippen LogP contribution in [0.15, 0.2) is 65.8 Å². The molecule has 0 atom stereocenters. The first-order chi connectivity index (χ1) is 15.4. The Balaban J connectivity index is 2.01. The van der Waals surface area contributed by atoms with Gasteiger partial charge in [0.05, 0.1) is 16.6 Å². The molecule has 172 valence electrons. The number of aromatic nitrogens is 2. The zero-order valence-corrected chi connectivity index (χ0v) is 17.3. The van der Waals surface area contributed by atoms with E-state index >= 15 is 0 Å². The van der Waals surface area contributed by atoms with Gasteiger partial charge in [-0.25, -0.2) is 0 Å². The molecule has 4 aromatic rings. The molecule has 33 heavy (non-hydrogen) atoms. The van der Waals surface area contributed by atoms with E-state index in [9.17, 15) is 36.6 Å². The van der Waals surface area contributed by atoms with Gasteiger partial charge < -0.3 is 10.2 Å². The SMILES string of the molecule is OC(O)(c1cc2c(C(F)(F)F)c(CSc3ccccc3)cnc2c2ncccc12)C(F)(F)F. The molecule has 0 saturated heterocycles. The summed E-state index contributed by atoms with van der Waals surface area (Å²) in [6.07, 6.45) is -8.34. The van der Waals surface area contributed by atoms with Crippen LogP contribution in [-0.4, -0.2) is 26.4 Å². The van der Waals surface area contributed by atoms with E-state index in [1.54, 1.807) is 30.3 Å². The van der Waals surface area contributed by atoms with Crippen molar-refractivity contribution < 1.29 is 36.6 Å². The first-order valence-corrected chi connectivity index (χ1v) is 10.4. The molecule has 0 aliphatic carbocycles. The molecule has 4 rings (SSSR count). The van der Waals surface area contributed by atoms with Crippen LogP contribution in [0.25, 0.3) is 21.8 Å². The summed E-state index contributed by atoms with van der Waals surface area (Å²) in [5.74, 6) is -4.57. The van der Waals surface area contributed by atoms with Crippen molar-refractivity contribution in [3.8, 4) is 0 Å². The predicted molar refractivity (Wildman–Crippen MR) is 110 cm³/mol. The summed E-state index contributed by atoms with van der Waals surface area (Å²) < 4.78 is 82.7. The highest BCUT2D eigenvalue weighted by molar-refractivity contribution is 7.98. The number of fused-ring (bicyclic) bond motifs is 3. The number of alkyl halides is 6. The number of benzene rings is 2. The van der Waals surface area contributed by atoms with Crippen LogP contribution in [0.4, 0.5) is 26.3 Å². The number of halogens is 6. The third kappa shape index (κ3) is 4.23. The maximum Gasteiger partial charge on any atom is 0.447 e. The lowest BCUT2D eigenvalue weighted by Crippen LogP contribution is -2.42. The molecule has 0 saturated carbocycles. The molecule has 0 radical (unpaired) electrons. The minimum absolute atomic E-state index is 0.167. The molecule has 0 fully saturated rings. The Morgan fingerprint density at radius 3 is 2.12 bits per heavy atom. The lowest BCUT2D eigenvalue weighted by Gasteiger charge is -2.27. The maximum absolute atomic E-state index is 14.2. The number of hydrogen-bond acceptors (Lipinski definition) is 5. The van der Waals surface area contributed by atoms with Gasteiger partial charge in [0.1, 0.15) is 0 Å². The lowest BCUT2D eigenvalue weighted by atomic mass is 9.94. The van der Waals surface area contributed by atoms with Gasteiger partial charge in [-0.05, 0) is 29.8 Å². The van der Waals surface area contributed by atoms with Crippen LogP contribution >= 0.6 is 11.8 Å². The standard InChI is InChI=1S/C22H14F6N2O2S/c23-21(24,25)17-12(11-33-13-5-2-1-3-6-13)10-30-19-15(17)9-16(20(31,32)22(26,27)28)14-7-4-8-29-18(14)19/h1-10,31-32H,11H2. The smallest absolute Gasteiger partial charge is 0.355 e. The molecule has 0 aliphatic heterocycles. The molecule has 4 nitrogen and oxygen atoms in total. The van der Waals surface area contributed by atoms with Crippen molar-refractivity contribution in [2.24, 2.45) is 0 Å². The van der Waals surface area contributed by atoms with E-state index in [1.807, 2.05) is 0 Å². The molecule has 2 aromatic carbocycles. The van der Waals surface area contributed by atoms with Crippen molar-refractivity contribution in [1.82, 2.24) is 9.97 Å². The quantitative estimate of drug-likeness (QED) is 0.166. The van der Waals surface area contributed by atoms with Gasteiger partial charge >= 0.3 is 12.4 Å². The summed E-state index contributed by atoms with van der Waals surface area (Å²) in [7, 11) is 0. The third-order valence-corrected chi connectivity index (χ3v) is 6.06. The van der Waals surface area contributed by atoms with E-state index in [0.717, 1.165) is 24.0 Å². The first-order valence-electron chi connectivity index (χ1n) is 9.37. The largest absolute Gasteiger partial charge is 0.447 e. The van der Waals surface area contributed by atoms with Gasteiger partial charge in [-0.1, -0.05) is 24.3 Å².